The fraction of sp³-hybridized carbons (Fsp3) is 0.308. The van der Waals surface area contributed by atoms with Crippen LogP contribution in [-0.4, -0.2) is 15.7 Å². The predicted octanol–water partition coefficient (Wildman–Crippen LogP) is 3.24. The second-order valence-electron chi connectivity index (χ2n) is 3.97. The van der Waals surface area contributed by atoms with E-state index in [9.17, 15) is 4.39 Å². The molecule has 0 aliphatic heterocycles. The first kappa shape index (κ1) is 12.1. The van der Waals surface area contributed by atoms with Crippen molar-refractivity contribution in [2.75, 3.05) is 5.88 Å². The molecule has 1 aromatic carbocycles. The Kier molecular flexibility index (Phi) is 4.15. The van der Waals surface area contributed by atoms with E-state index in [2.05, 4.69) is 5.10 Å². The number of hydrogen-bond acceptors (Lipinski definition) is 1. The van der Waals surface area contributed by atoms with Crippen LogP contribution in [0.4, 0.5) is 4.39 Å². The third-order valence-corrected chi connectivity index (χ3v) is 2.79. The molecule has 0 N–H and O–H groups in total. The maximum absolute atomic E-state index is 13.0. The van der Waals surface area contributed by atoms with Crippen LogP contribution in [0.2, 0.25) is 0 Å². The lowest BCUT2D eigenvalue weighted by molar-refractivity contribution is 0.619. The summed E-state index contributed by atoms with van der Waals surface area (Å²) in [6.45, 7) is 0.596. The molecular formula is C13H14ClFN2. The highest BCUT2D eigenvalue weighted by Crippen LogP contribution is 2.08. The number of nitrogens with zero attached hydrogens (tertiary/aromatic N) is 2. The number of aromatic nitrogens is 2. The van der Waals surface area contributed by atoms with E-state index in [1.165, 1.54) is 17.7 Å². The Balaban J connectivity index is 2.01. The van der Waals surface area contributed by atoms with E-state index in [1.54, 1.807) is 6.07 Å². The highest BCUT2D eigenvalue weighted by molar-refractivity contribution is 6.17. The Morgan fingerprint density at radius 1 is 1.29 bits per heavy atom. The summed E-state index contributed by atoms with van der Waals surface area (Å²) in [6.07, 6.45) is 5.71. The van der Waals surface area contributed by atoms with Gasteiger partial charge in [0.05, 0.1) is 12.7 Å². The van der Waals surface area contributed by atoms with Gasteiger partial charge in [-0.1, -0.05) is 12.1 Å². The standard InChI is InChI=1S/C13H14ClFN2/c14-6-2-4-12-8-16-17(10-12)9-11-3-1-5-13(15)7-11/h1,3,5,7-8,10H,2,4,6,9H2. The summed E-state index contributed by atoms with van der Waals surface area (Å²) in [5, 5.41) is 4.25. The molecule has 0 atom stereocenters. The minimum absolute atomic E-state index is 0.211. The zero-order chi connectivity index (χ0) is 12.1. The normalized spacial score (nSPS) is 10.7. The third kappa shape index (κ3) is 3.56. The third-order valence-electron chi connectivity index (χ3n) is 2.52. The van der Waals surface area contributed by atoms with Crippen molar-refractivity contribution in [2.45, 2.75) is 19.4 Å². The van der Waals surface area contributed by atoms with Gasteiger partial charge < -0.3 is 0 Å². The van der Waals surface area contributed by atoms with E-state index in [0.29, 0.717) is 12.4 Å². The van der Waals surface area contributed by atoms with E-state index in [0.717, 1.165) is 18.4 Å². The summed E-state index contributed by atoms with van der Waals surface area (Å²) in [6, 6.07) is 6.57. The van der Waals surface area contributed by atoms with Gasteiger partial charge in [0.15, 0.2) is 0 Å². The second kappa shape index (κ2) is 5.82. The number of benzene rings is 1. The van der Waals surface area contributed by atoms with Gasteiger partial charge in [-0.3, -0.25) is 4.68 Å². The first-order valence-electron chi connectivity index (χ1n) is 5.59. The molecule has 0 fully saturated rings. The van der Waals surface area contributed by atoms with Crippen molar-refractivity contribution in [3.05, 3.63) is 53.6 Å². The first-order valence-corrected chi connectivity index (χ1v) is 6.13. The second-order valence-corrected chi connectivity index (χ2v) is 4.35. The van der Waals surface area contributed by atoms with Crippen LogP contribution in [0.15, 0.2) is 36.7 Å². The van der Waals surface area contributed by atoms with E-state index in [-0.39, 0.29) is 5.82 Å². The molecule has 0 radical (unpaired) electrons. The molecular weight excluding hydrogens is 239 g/mol. The lowest BCUT2D eigenvalue weighted by Gasteiger charge is -2.01. The minimum Gasteiger partial charge on any atom is -0.268 e. The van der Waals surface area contributed by atoms with E-state index < -0.39 is 0 Å². The van der Waals surface area contributed by atoms with Crippen molar-refractivity contribution in [1.82, 2.24) is 9.78 Å². The Morgan fingerprint density at radius 2 is 2.18 bits per heavy atom. The monoisotopic (exact) mass is 252 g/mol. The van der Waals surface area contributed by atoms with E-state index in [4.69, 9.17) is 11.6 Å². The zero-order valence-corrected chi connectivity index (χ0v) is 10.2. The largest absolute Gasteiger partial charge is 0.268 e. The lowest BCUT2D eigenvalue weighted by atomic mass is 10.2. The van der Waals surface area contributed by atoms with Crippen LogP contribution < -0.4 is 0 Å². The van der Waals surface area contributed by atoms with Gasteiger partial charge in [-0.25, -0.2) is 4.39 Å². The van der Waals surface area contributed by atoms with Crippen LogP contribution in [-0.2, 0) is 13.0 Å². The molecule has 1 heterocycles. The minimum atomic E-state index is -0.211. The van der Waals surface area contributed by atoms with Crippen molar-refractivity contribution in [3.63, 3.8) is 0 Å². The van der Waals surface area contributed by atoms with Crippen LogP contribution in [0.5, 0.6) is 0 Å². The summed E-state index contributed by atoms with van der Waals surface area (Å²) in [5.74, 6) is 0.451. The lowest BCUT2D eigenvalue weighted by Crippen LogP contribution is -2.00. The molecule has 0 aliphatic rings. The van der Waals surface area contributed by atoms with Gasteiger partial charge in [-0.15, -0.1) is 11.6 Å². The molecule has 0 saturated carbocycles. The maximum atomic E-state index is 13.0. The molecule has 0 saturated heterocycles. The van der Waals surface area contributed by atoms with E-state index in [1.807, 2.05) is 23.1 Å². The molecule has 1 aromatic heterocycles. The number of alkyl halides is 1. The SMILES string of the molecule is Fc1cccc(Cn2cc(CCCCl)cn2)c1. The highest BCUT2D eigenvalue weighted by Gasteiger charge is 2.00. The highest BCUT2D eigenvalue weighted by atomic mass is 35.5. The summed E-state index contributed by atoms with van der Waals surface area (Å²) in [7, 11) is 0. The zero-order valence-electron chi connectivity index (χ0n) is 9.44. The topological polar surface area (TPSA) is 17.8 Å². The summed E-state index contributed by atoms with van der Waals surface area (Å²) < 4.78 is 14.8. The van der Waals surface area contributed by atoms with Gasteiger partial charge in [-0.2, -0.15) is 5.10 Å². The molecule has 90 valence electrons. The Morgan fingerprint density at radius 3 is 2.94 bits per heavy atom. The number of hydrogen-bond donors (Lipinski definition) is 0. The number of aryl methyl sites for hydroxylation is 1. The molecule has 2 nitrogen and oxygen atoms in total. The van der Waals surface area contributed by atoms with Gasteiger partial charge in [0.1, 0.15) is 5.82 Å². The molecule has 0 bridgehead atoms. The fourth-order valence-corrected chi connectivity index (χ4v) is 1.85. The van der Waals surface area contributed by atoms with Crippen molar-refractivity contribution in [3.8, 4) is 0 Å². The average molecular weight is 253 g/mol. The van der Waals surface area contributed by atoms with Crippen LogP contribution in [0, 0.1) is 5.82 Å². The van der Waals surface area contributed by atoms with Crippen LogP contribution >= 0.6 is 11.6 Å². The molecule has 0 amide bonds. The first-order chi connectivity index (χ1) is 8.28. The van der Waals surface area contributed by atoms with Crippen LogP contribution in [0.25, 0.3) is 0 Å². The summed E-state index contributed by atoms with van der Waals surface area (Å²) in [4.78, 5) is 0. The average Bonchev–Trinajstić information content (AvgIpc) is 2.74. The van der Waals surface area contributed by atoms with Gasteiger partial charge in [0, 0.05) is 12.1 Å². The Hall–Kier alpha value is -1.35. The molecule has 0 spiro atoms. The van der Waals surface area contributed by atoms with Gasteiger partial charge >= 0.3 is 0 Å². The maximum Gasteiger partial charge on any atom is 0.123 e. The molecule has 2 aromatic rings. The fourth-order valence-electron chi connectivity index (χ4n) is 1.72. The number of rotatable bonds is 5. The smallest absolute Gasteiger partial charge is 0.123 e. The van der Waals surface area contributed by atoms with Crippen molar-refractivity contribution in [2.24, 2.45) is 0 Å². The van der Waals surface area contributed by atoms with Crippen molar-refractivity contribution < 1.29 is 4.39 Å². The van der Waals surface area contributed by atoms with Crippen molar-refractivity contribution >= 4 is 11.6 Å². The van der Waals surface area contributed by atoms with Crippen molar-refractivity contribution in [1.29, 1.82) is 0 Å². The molecule has 0 aliphatic carbocycles. The number of halogens is 2. The van der Waals surface area contributed by atoms with Crippen LogP contribution in [0.3, 0.4) is 0 Å². The molecule has 17 heavy (non-hydrogen) atoms. The predicted molar refractivity (Wildman–Crippen MR) is 66.8 cm³/mol. The molecule has 0 unspecified atom stereocenters. The summed E-state index contributed by atoms with van der Waals surface area (Å²) in [5.41, 5.74) is 2.08. The molecule has 4 heteroatoms. The van der Waals surface area contributed by atoms with Gasteiger partial charge in [-0.05, 0) is 36.1 Å². The summed E-state index contributed by atoms with van der Waals surface area (Å²) >= 11 is 5.64. The Bertz CT molecular complexity index is 482. The van der Waals surface area contributed by atoms with Gasteiger partial charge in [0.25, 0.3) is 0 Å². The van der Waals surface area contributed by atoms with E-state index >= 15 is 0 Å². The van der Waals surface area contributed by atoms with Crippen LogP contribution in [0.1, 0.15) is 17.5 Å². The van der Waals surface area contributed by atoms with Gasteiger partial charge in [0.2, 0.25) is 0 Å². The molecule has 2 rings (SSSR count). The quantitative estimate of drug-likeness (QED) is 0.747. The Labute approximate surface area is 105 Å².